The molecule has 4 nitrogen and oxygen atoms in total. The smallest absolute Gasteiger partial charge is 0.343 e. The number of carbonyl (C=O) groups is 2. The second-order valence-electron chi connectivity index (χ2n) is 4.68. The highest BCUT2D eigenvalue weighted by atomic mass is 32.2. The topological polar surface area (TPSA) is 55.4 Å². The fourth-order valence-corrected chi connectivity index (χ4v) is 2.99. The highest BCUT2D eigenvalue weighted by molar-refractivity contribution is 8.26. The van der Waals surface area contributed by atoms with Crippen molar-refractivity contribution in [2.24, 2.45) is 0 Å². The van der Waals surface area contributed by atoms with Crippen LogP contribution in [0.5, 0.6) is 5.75 Å². The van der Waals surface area contributed by atoms with Crippen molar-refractivity contribution in [1.82, 2.24) is 5.32 Å². The van der Waals surface area contributed by atoms with Crippen molar-refractivity contribution in [3.63, 3.8) is 0 Å². The normalized spacial score (nSPS) is 15.6. The number of nitrogens with one attached hydrogen (secondary N) is 1. The molecule has 0 aromatic heterocycles. The Balaban J connectivity index is 1.70. The van der Waals surface area contributed by atoms with E-state index in [4.69, 9.17) is 17.0 Å². The summed E-state index contributed by atoms with van der Waals surface area (Å²) in [5.74, 6) is -0.160. The maximum atomic E-state index is 12.0. The number of hydrogen-bond donors (Lipinski definition) is 1. The summed E-state index contributed by atoms with van der Waals surface area (Å²) >= 11 is 6.16. The van der Waals surface area contributed by atoms with E-state index in [-0.39, 0.29) is 5.91 Å². The molecule has 0 spiro atoms. The number of ether oxygens (including phenoxy) is 1. The summed E-state index contributed by atoms with van der Waals surface area (Å²) in [5.41, 5.74) is 1.32. The van der Waals surface area contributed by atoms with Gasteiger partial charge in [0.2, 0.25) is 0 Å². The summed E-state index contributed by atoms with van der Waals surface area (Å²) < 4.78 is 5.75. The van der Waals surface area contributed by atoms with E-state index in [2.05, 4.69) is 5.32 Å². The van der Waals surface area contributed by atoms with E-state index in [0.29, 0.717) is 20.5 Å². The van der Waals surface area contributed by atoms with E-state index >= 15 is 0 Å². The largest absolute Gasteiger partial charge is 0.423 e. The summed E-state index contributed by atoms with van der Waals surface area (Å²) in [4.78, 5) is 24.1. The minimum Gasteiger partial charge on any atom is -0.423 e. The van der Waals surface area contributed by atoms with Crippen LogP contribution < -0.4 is 10.1 Å². The van der Waals surface area contributed by atoms with Crippen LogP contribution in [0.25, 0.3) is 6.08 Å². The number of carbonyl (C=O) groups excluding carboxylic acids is 2. The Kier molecular flexibility index (Phi) is 4.55. The van der Waals surface area contributed by atoms with Gasteiger partial charge in [-0.05, 0) is 35.9 Å². The molecule has 0 atom stereocenters. The van der Waals surface area contributed by atoms with Crippen LogP contribution in [0.15, 0.2) is 59.5 Å². The van der Waals surface area contributed by atoms with Crippen molar-refractivity contribution in [1.29, 1.82) is 0 Å². The quantitative estimate of drug-likeness (QED) is 0.401. The minimum absolute atomic E-state index is 0.195. The molecule has 1 saturated heterocycles. The lowest BCUT2D eigenvalue weighted by molar-refractivity contribution is -0.115. The average molecular weight is 341 g/mol. The predicted octanol–water partition coefficient (Wildman–Crippen LogP) is 3.39. The number of thiocarbonyl (C=S) groups is 1. The Morgan fingerprint density at radius 3 is 2.39 bits per heavy atom. The first-order valence-electron chi connectivity index (χ1n) is 6.74. The Bertz CT molecular complexity index is 798. The third kappa shape index (κ3) is 3.85. The second kappa shape index (κ2) is 6.76. The predicted molar refractivity (Wildman–Crippen MR) is 94.2 cm³/mol. The van der Waals surface area contributed by atoms with Gasteiger partial charge in [0.05, 0.1) is 10.5 Å². The van der Waals surface area contributed by atoms with Gasteiger partial charge in [-0.3, -0.25) is 4.79 Å². The van der Waals surface area contributed by atoms with E-state index in [1.165, 1.54) is 11.8 Å². The van der Waals surface area contributed by atoms with Crippen LogP contribution in [-0.4, -0.2) is 16.2 Å². The van der Waals surface area contributed by atoms with Gasteiger partial charge in [0, 0.05) is 0 Å². The molecule has 0 saturated carbocycles. The lowest BCUT2D eigenvalue weighted by Crippen LogP contribution is -2.17. The molecular formula is C17H11NO3S2. The van der Waals surface area contributed by atoms with Crippen LogP contribution in [0.3, 0.4) is 0 Å². The molecule has 1 N–H and O–H groups in total. The molecule has 0 unspecified atom stereocenters. The maximum absolute atomic E-state index is 12.0. The van der Waals surface area contributed by atoms with Crippen molar-refractivity contribution < 1.29 is 14.3 Å². The molecule has 114 valence electrons. The standard InChI is InChI=1S/C17H11NO3S2/c19-15-14(23-17(22)18-15)10-11-6-8-13(9-7-11)21-16(20)12-4-2-1-3-5-12/h1-10H,(H,18,19,22). The summed E-state index contributed by atoms with van der Waals surface area (Å²) in [5, 5.41) is 2.56. The average Bonchev–Trinajstić information content (AvgIpc) is 2.87. The first-order chi connectivity index (χ1) is 11.1. The molecule has 0 bridgehead atoms. The molecule has 2 aromatic rings. The Hall–Kier alpha value is -2.44. The van der Waals surface area contributed by atoms with Gasteiger partial charge in [0.1, 0.15) is 10.1 Å². The zero-order chi connectivity index (χ0) is 16.2. The maximum Gasteiger partial charge on any atom is 0.343 e. The highest BCUT2D eigenvalue weighted by Gasteiger charge is 2.21. The first kappa shape index (κ1) is 15.5. The van der Waals surface area contributed by atoms with Gasteiger partial charge in [-0.15, -0.1) is 0 Å². The van der Waals surface area contributed by atoms with Crippen LogP contribution in [0, 0.1) is 0 Å². The summed E-state index contributed by atoms with van der Waals surface area (Å²) in [6.45, 7) is 0. The monoisotopic (exact) mass is 341 g/mol. The SMILES string of the molecule is O=C1NC(=S)SC1=Cc1ccc(OC(=O)c2ccccc2)cc1. The molecule has 2 aromatic carbocycles. The van der Waals surface area contributed by atoms with Gasteiger partial charge in [-0.2, -0.15) is 0 Å². The molecule has 1 heterocycles. The first-order valence-corrected chi connectivity index (χ1v) is 7.96. The lowest BCUT2D eigenvalue weighted by Gasteiger charge is -2.04. The third-order valence-corrected chi connectivity index (χ3v) is 4.20. The molecular weight excluding hydrogens is 330 g/mol. The number of benzene rings is 2. The zero-order valence-corrected chi connectivity index (χ0v) is 13.4. The van der Waals surface area contributed by atoms with Crippen molar-refractivity contribution in [2.45, 2.75) is 0 Å². The number of amides is 1. The molecule has 3 rings (SSSR count). The fraction of sp³-hybridized carbons (Fsp3) is 0. The Labute approximate surface area is 142 Å². The van der Waals surface area contributed by atoms with Crippen molar-refractivity contribution >= 4 is 46.3 Å². The van der Waals surface area contributed by atoms with E-state index in [0.717, 1.165) is 5.56 Å². The number of hydrogen-bond acceptors (Lipinski definition) is 5. The van der Waals surface area contributed by atoms with Gasteiger partial charge in [-0.1, -0.05) is 54.3 Å². The number of rotatable bonds is 3. The zero-order valence-electron chi connectivity index (χ0n) is 11.8. The molecule has 0 aliphatic carbocycles. The fourth-order valence-electron chi connectivity index (χ4n) is 1.94. The van der Waals surface area contributed by atoms with Gasteiger partial charge in [0.15, 0.2) is 0 Å². The van der Waals surface area contributed by atoms with Gasteiger partial charge < -0.3 is 10.1 Å². The van der Waals surface area contributed by atoms with Gasteiger partial charge >= 0.3 is 5.97 Å². The van der Waals surface area contributed by atoms with Crippen molar-refractivity contribution in [3.05, 3.63) is 70.6 Å². The van der Waals surface area contributed by atoms with Gasteiger partial charge in [0.25, 0.3) is 5.91 Å². The second-order valence-corrected chi connectivity index (χ2v) is 6.40. The molecule has 23 heavy (non-hydrogen) atoms. The van der Waals surface area contributed by atoms with Crippen LogP contribution in [-0.2, 0) is 4.79 Å². The third-order valence-electron chi connectivity index (χ3n) is 3.04. The summed E-state index contributed by atoms with van der Waals surface area (Å²) in [6.07, 6.45) is 1.74. The van der Waals surface area contributed by atoms with Gasteiger partial charge in [-0.25, -0.2) is 4.79 Å². The number of thioether (sulfide) groups is 1. The minimum atomic E-state index is -0.409. The lowest BCUT2D eigenvalue weighted by atomic mass is 10.2. The van der Waals surface area contributed by atoms with E-state index in [1.807, 2.05) is 6.07 Å². The number of esters is 1. The molecule has 1 fully saturated rings. The highest BCUT2D eigenvalue weighted by Crippen LogP contribution is 2.26. The summed E-state index contributed by atoms with van der Waals surface area (Å²) in [7, 11) is 0. The molecule has 6 heteroatoms. The van der Waals surface area contributed by atoms with Crippen LogP contribution in [0.1, 0.15) is 15.9 Å². The van der Waals surface area contributed by atoms with Crippen LogP contribution >= 0.6 is 24.0 Å². The molecule has 1 aliphatic heterocycles. The molecule has 0 radical (unpaired) electrons. The van der Waals surface area contributed by atoms with E-state index in [1.54, 1.807) is 54.6 Å². The van der Waals surface area contributed by atoms with Crippen LogP contribution in [0.4, 0.5) is 0 Å². The van der Waals surface area contributed by atoms with Crippen LogP contribution in [0.2, 0.25) is 0 Å². The Morgan fingerprint density at radius 2 is 1.78 bits per heavy atom. The molecule has 1 aliphatic rings. The van der Waals surface area contributed by atoms with Crippen molar-refractivity contribution in [2.75, 3.05) is 0 Å². The van der Waals surface area contributed by atoms with Crippen molar-refractivity contribution in [3.8, 4) is 5.75 Å². The van der Waals surface area contributed by atoms with E-state index in [9.17, 15) is 9.59 Å². The molecule has 1 amide bonds. The Morgan fingerprint density at radius 1 is 1.09 bits per heavy atom. The summed E-state index contributed by atoms with van der Waals surface area (Å²) in [6, 6.07) is 15.7. The van der Waals surface area contributed by atoms with E-state index < -0.39 is 5.97 Å².